The summed E-state index contributed by atoms with van der Waals surface area (Å²) in [5.74, 6) is 7.28. The average molecular weight is 445 g/mol. The second-order valence-corrected chi connectivity index (χ2v) is 8.01. The van der Waals surface area contributed by atoms with Gasteiger partial charge in [-0.1, -0.05) is 23.9 Å². The standard InChI is InChI=1S/C21H21F2N5O2S/c22-20(23)30-17-9-7-15(8-10-17)18-25-26-21(28(18)24)31-13-14-3-5-16(6-4-14)19(29)27-11-1-2-12-27/h3-10,20H,1-2,11-13,24H2. The van der Waals surface area contributed by atoms with Crippen LogP contribution in [-0.4, -0.2) is 45.4 Å². The Hall–Kier alpha value is -3.14. The van der Waals surface area contributed by atoms with Crippen molar-refractivity contribution in [1.29, 1.82) is 0 Å². The molecule has 0 atom stereocenters. The third-order valence-electron chi connectivity index (χ3n) is 4.96. The van der Waals surface area contributed by atoms with E-state index in [9.17, 15) is 13.6 Å². The molecule has 2 heterocycles. The van der Waals surface area contributed by atoms with Crippen LogP contribution in [0.1, 0.15) is 28.8 Å². The highest BCUT2D eigenvalue weighted by atomic mass is 32.2. The van der Waals surface area contributed by atoms with E-state index in [0.29, 0.717) is 27.9 Å². The van der Waals surface area contributed by atoms with Crippen molar-refractivity contribution in [1.82, 2.24) is 19.8 Å². The maximum Gasteiger partial charge on any atom is 0.387 e. The molecule has 31 heavy (non-hydrogen) atoms. The summed E-state index contributed by atoms with van der Waals surface area (Å²) in [5, 5.41) is 8.73. The van der Waals surface area contributed by atoms with Crippen LogP contribution in [0.4, 0.5) is 8.78 Å². The van der Waals surface area contributed by atoms with Crippen molar-refractivity contribution in [3.8, 4) is 17.1 Å². The lowest BCUT2D eigenvalue weighted by molar-refractivity contribution is -0.0498. The van der Waals surface area contributed by atoms with Crippen molar-refractivity contribution in [3.05, 3.63) is 59.7 Å². The summed E-state index contributed by atoms with van der Waals surface area (Å²) in [6, 6.07) is 13.6. The zero-order valence-corrected chi connectivity index (χ0v) is 17.4. The van der Waals surface area contributed by atoms with Crippen molar-refractivity contribution >= 4 is 17.7 Å². The van der Waals surface area contributed by atoms with Gasteiger partial charge in [0.25, 0.3) is 5.91 Å². The molecule has 1 saturated heterocycles. The fraction of sp³-hybridized carbons (Fsp3) is 0.286. The van der Waals surface area contributed by atoms with Crippen molar-refractivity contribution in [2.75, 3.05) is 18.9 Å². The van der Waals surface area contributed by atoms with Crippen molar-refractivity contribution in [2.45, 2.75) is 30.4 Å². The number of nitrogens with two attached hydrogens (primary N) is 1. The predicted octanol–water partition coefficient (Wildman–Crippen LogP) is 3.79. The molecule has 0 aliphatic carbocycles. The molecule has 1 aromatic heterocycles. The lowest BCUT2D eigenvalue weighted by Crippen LogP contribution is -2.27. The molecule has 0 saturated carbocycles. The molecule has 3 aromatic rings. The zero-order valence-electron chi connectivity index (χ0n) is 16.6. The molecule has 0 unspecified atom stereocenters. The summed E-state index contributed by atoms with van der Waals surface area (Å²) in [7, 11) is 0. The Labute approximate surface area is 182 Å². The quantitative estimate of drug-likeness (QED) is 0.440. The van der Waals surface area contributed by atoms with Gasteiger partial charge in [-0.15, -0.1) is 10.2 Å². The van der Waals surface area contributed by atoms with Gasteiger partial charge < -0.3 is 15.5 Å². The van der Waals surface area contributed by atoms with Crippen LogP contribution in [0.25, 0.3) is 11.4 Å². The largest absolute Gasteiger partial charge is 0.435 e. The number of nitrogens with zero attached hydrogens (tertiary/aromatic N) is 4. The van der Waals surface area contributed by atoms with Crippen LogP contribution in [0.2, 0.25) is 0 Å². The van der Waals surface area contributed by atoms with Gasteiger partial charge in [0, 0.05) is 30.0 Å². The number of hydrogen-bond donors (Lipinski definition) is 1. The third-order valence-corrected chi connectivity index (χ3v) is 5.98. The fourth-order valence-corrected chi connectivity index (χ4v) is 4.16. The number of thioether (sulfide) groups is 1. The molecular formula is C21H21F2N5O2S. The smallest absolute Gasteiger partial charge is 0.387 e. The fourth-order valence-electron chi connectivity index (χ4n) is 3.35. The number of likely N-dealkylation sites (tertiary alicyclic amines) is 1. The SMILES string of the molecule is Nn1c(SCc2ccc(C(=O)N3CCCC3)cc2)nnc1-c1ccc(OC(F)F)cc1. The second kappa shape index (κ2) is 9.34. The molecule has 1 aliphatic rings. The maximum absolute atomic E-state index is 12.4. The molecule has 10 heteroatoms. The molecule has 1 fully saturated rings. The number of nitrogen functional groups attached to an aromatic ring is 1. The molecule has 7 nitrogen and oxygen atoms in total. The van der Waals surface area contributed by atoms with E-state index in [2.05, 4.69) is 14.9 Å². The highest BCUT2D eigenvalue weighted by molar-refractivity contribution is 7.98. The average Bonchev–Trinajstić information content (AvgIpc) is 3.43. The molecular weight excluding hydrogens is 424 g/mol. The summed E-state index contributed by atoms with van der Waals surface area (Å²) >= 11 is 1.41. The Morgan fingerprint density at radius 3 is 2.39 bits per heavy atom. The van der Waals surface area contributed by atoms with Crippen LogP contribution < -0.4 is 10.6 Å². The van der Waals surface area contributed by atoms with Crippen LogP contribution in [0, 0.1) is 0 Å². The summed E-state index contributed by atoms with van der Waals surface area (Å²) in [4.78, 5) is 14.3. The first-order valence-corrected chi connectivity index (χ1v) is 10.8. The number of alkyl halides is 2. The Balaban J connectivity index is 1.38. The summed E-state index contributed by atoms with van der Waals surface area (Å²) in [6.45, 7) is -1.22. The highest BCUT2D eigenvalue weighted by Gasteiger charge is 2.19. The first kappa shape index (κ1) is 21.1. The van der Waals surface area contributed by atoms with Crippen LogP contribution in [0.5, 0.6) is 5.75 Å². The van der Waals surface area contributed by atoms with E-state index >= 15 is 0 Å². The van der Waals surface area contributed by atoms with Crippen LogP contribution in [0.3, 0.4) is 0 Å². The molecule has 4 rings (SSSR count). The topological polar surface area (TPSA) is 86.3 Å². The van der Waals surface area contributed by atoms with E-state index in [1.165, 1.54) is 28.6 Å². The van der Waals surface area contributed by atoms with Gasteiger partial charge in [0.05, 0.1) is 0 Å². The van der Waals surface area contributed by atoms with Gasteiger partial charge in [-0.3, -0.25) is 4.79 Å². The van der Waals surface area contributed by atoms with E-state index in [4.69, 9.17) is 5.84 Å². The number of halogens is 2. The molecule has 2 aromatic carbocycles. The Kier molecular flexibility index (Phi) is 6.36. The molecule has 0 radical (unpaired) electrons. The van der Waals surface area contributed by atoms with E-state index in [-0.39, 0.29) is 11.7 Å². The summed E-state index contributed by atoms with van der Waals surface area (Å²) in [6.07, 6.45) is 2.13. The minimum Gasteiger partial charge on any atom is -0.435 e. The second-order valence-electron chi connectivity index (χ2n) is 7.06. The zero-order chi connectivity index (χ0) is 21.8. The first-order chi connectivity index (χ1) is 15.0. The number of rotatable bonds is 7. The molecule has 1 aliphatic heterocycles. The molecule has 0 spiro atoms. The molecule has 1 amide bonds. The lowest BCUT2D eigenvalue weighted by atomic mass is 10.1. The van der Waals surface area contributed by atoms with Crippen LogP contribution >= 0.6 is 11.8 Å². The van der Waals surface area contributed by atoms with Gasteiger partial charge in [-0.25, -0.2) is 4.68 Å². The van der Waals surface area contributed by atoms with Gasteiger partial charge in [-0.2, -0.15) is 8.78 Å². The molecule has 2 N–H and O–H groups in total. The molecule has 0 bridgehead atoms. The van der Waals surface area contributed by atoms with Crippen molar-refractivity contribution in [2.24, 2.45) is 0 Å². The number of aromatic nitrogens is 3. The van der Waals surface area contributed by atoms with Crippen molar-refractivity contribution < 1.29 is 18.3 Å². The Morgan fingerprint density at radius 2 is 1.74 bits per heavy atom. The minimum atomic E-state index is -2.88. The van der Waals surface area contributed by atoms with E-state index in [1.54, 1.807) is 12.1 Å². The number of hydrogen-bond acceptors (Lipinski definition) is 6. The van der Waals surface area contributed by atoms with Gasteiger partial charge in [0.1, 0.15) is 5.75 Å². The van der Waals surface area contributed by atoms with E-state index in [1.807, 2.05) is 29.2 Å². The third kappa shape index (κ3) is 4.96. The number of carbonyl (C=O) groups excluding carboxylic acids is 1. The summed E-state index contributed by atoms with van der Waals surface area (Å²) in [5.41, 5.74) is 2.36. The normalized spacial score (nSPS) is 13.7. The highest BCUT2D eigenvalue weighted by Crippen LogP contribution is 2.26. The Morgan fingerprint density at radius 1 is 1.06 bits per heavy atom. The van der Waals surface area contributed by atoms with Gasteiger partial charge in [0.2, 0.25) is 5.16 Å². The van der Waals surface area contributed by atoms with Crippen molar-refractivity contribution in [3.63, 3.8) is 0 Å². The maximum atomic E-state index is 12.4. The van der Waals surface area contributed by atoms with Crippen LogP contribution in [-0.2, 0) is 5.75 Å². The van der Waals surface area contributed by atoms with E-state index in [0.717, 1.165) is 31.5 Å². The van der Waals surface area contributed by atoms with Gasteiger partial charge >= 0.3 is 6.61 Å². The lowest BCUT2D eigenvalue weighted by Gasteiger charge is -2.15. The van der Waals surface area contributed by atoms with Gasteiger partial charge in [-0.05, 0) is 54.8 Å². The Bertz CT molecular complexity index is 1030. The molecule has 162 valence electrons. The summed E-state index contributed by atoms with van der Waals surface area (Å²) < 4.78 is 30.3. The van der Waals surface area contributed by atoms with E-state index < -0.39 is 6.61 Å². The minimum absolute atomic E-state index is 0.0584. The number of benzene rings is 2. The van der Waals surface area contributed by atoms with Gasteiger partial charge in [0.15, 0.2) is 5.82 Å². The first-order valence-electron chi connectivity index (χ1n) is 9.78. The predicted molar refractivity (Wildman–Crippen MR) is 113 cm³/mol. The monoisotopic (exact) mass is 445 g/mol. The number of carbonyl (C=O) groups is 1. The number of amides is 1. The van der Waals surface area contributed by atoms with Crippen LogP contribution in [0.15, 0.2) is 53.7 Å². The number of ether oxygens (including phenoxy) is 1.